The maximum absolute atomic E-state index is 13.7. The number of nitrogens with one attached hydrogen (secondary N) is 1. The van der Waals surface area contributed by atoms with Crippen LogP contribution in [0.3, 0.4) is 0 Å². The van der Waals surface area contributed by atoms with Crippen LogP contribution in [0.4, 0.5) is 13.2 Å². The van der Waals surface area contributed by atoms with Crippen molar-refractivity contribution in [2.45, 2.75) is 50.8 Å². The van der Waals surface area contributed by atoms with Crippen molar-refractivity contribution in [3.05, 3.63) is 95.1 Å². The molecule has 1 aliphatic heterocycles. The average Bonchev–Trinajstić information content (AvgIpc) is 2.84. The second-order valence-electron chi connectivity index (χ2n) is 9.58. The molecule has 0 saturated carbocycles. The van der Waals surface area contributed by atoms with E-state index in [1.54, 1.807) is 0 Å². The third-order valence-corrected chi connectivity index (χ3v) is 6.82. The molecule has 1 saturated heterocycles. The number of alkyl halides is 3. The predicted octanol–water partition coefficient (Wildman–Crippen LogP) is 7.33. The highest BCUT2D eigenvalue weighted by Gasteiger charge is 2.34. The van der Waals surface area contributed by atoms with E-state index < -0.39 is 11.7 Å². The van der Waals surface area contributed by atoms with Gasteiger partial charge in [-0.25, -0.2) is 0 Å². The van der Waals surface area contributed by atoms with Crippen molar-refractivity contribution < 1.29 is 17.9 Å². The van der Waals surface area contributed by atoms with Crippen molar-refractivity contribution in [1.29, 1.82) is 0 Å². The molecular formula is C29H32F3NO. The normalized spacial score (nSPS) is 16.1. The molecule has 0 atom stereocenters. The summed E-state index contributed by atoms with van der Waals surface area (Å²) in [5.41, 5.74) is 3.49. The SMILES string of the molecule is CC(C)c1ccc(-c2cc(COCC3(c4ccccc4)CCNCC3)cc(C(F)(F)F)c2)cc1. The lowest BCUT2D eigenvalue weighted by Crippen LogP contribution is -2.43. The van der Waals surface area contributed by atoms with Gasteiger partial charge in [-0.15, -0.1) is 0 Å². The van der Waals surface area contributed by atoms with Crippen molar-refractivity contribution in [1.82, 2.24) is 5.32 Å². The minimum atomic E-state index is -4.41. The Morgan fingerprint density at radius 2 is 1.56 bits per heavy atom. The second kappa shape index (κ2) is 10.3. The third-order valence-electron chi connectivity index (χ3n) is 6.82. The second-order valence-corrected chi connectivity index (χ2v) is 9.58. The van der Waals surface area contributed by atoms with Gasteiger partial charge in [0.05, 0.1) is 18.8 Å². The Kier molecular flexibility index (Phi) is 7.44. The van der Waals surface area contributed by atoms with Crippen molar-refractivity contribution in [3.63, 3.8) is 0 Å². The number of ether oxygens (including phenoxy) is 1. The standard InChI is InChI=1S/C29H32F3NO/c1-21(2)23-8-10-24(11-9-23)25-16-22(17-27(18-25)29(30,31)32)19-34-20-28(12-14-33-15-13-28)26-6-4-3-5-7-26/h3-11,16-18,21,33H,12-15,19-20H2,1-2H3. The molecule has 1 aliphatic rings. The van der Waals surface area contributed by atoms with E-state index in [1.807, 2.05) is 48.5 Å². The molecule has 0 aromatic heterocycles. The summed E-state index contributed by atoms with van der Waals surface area (Å²) in [5, 5.41) is 3.40. The molecule has 2 nitrogen and oxygen atoms in total. The average molecular weight is 468 g/mol. The van der Waals surface area contributed by atoms with Crippen LogP contribution in [0.2, 0.25) is 0 Å². The van der Waals surface area contributed by atoms with Crippen LogP contribution in [0.15, 0.2) is 72.8 Å². The zero-order valence-corrected chi connectivity index (χ0v) is 19.8. The molecule has 0 radical (unpaired) electrons. The summed E-state index contributed by atoms with van der Waals surface area (Å²) in [7, 11) is 0. The first-order valence-corrected chi connectivity index (χ1v) is 11.9. The van der Waals surface area contributed by atoms with Gasteiger partial charge in [-0.05, 0) is 77.9 Å². The molecule has 1 N–H and O–H groups in total. The van der Waals surface area contributed by atoms with E-state index in [0.29, 0.717) is 23.7 Å². The van der Waals surface area contributed by atoms with Crippen LogP contribution in [0.1, 0.15) is 54.9 Å². The van der Waals surface area contributed by atoms with E-state index in [9.17, 15) is 13.2 Å². The summed E-state index contributed by atoms with van der Waals surface area (Å²) in [6.45, 7) is 6.62. The quantitative estimate of drug-likeness (QED) is 0.393. The molecule has 0 unspecified atom stereocenters. The summed E-state index contributed by atoms with van der Waals surface area (Å²) in [4.78, 5) is 0. The molecule has 5 heteroatoms. The highest BCUT2D eigenvalue weighted by molar-refractivity contribution is 5.66. The number of piperidine rings is 1. The van der Waals surface area contributed by atoms with Gasteiger partial charge in [-0.3, -0.25) is 0 Å². The fraction of sp³-hybridized carbons (Fsp3) is 0.379. The molecule has 180 valence electrons. The van der Waals surface area contributed by atoms with Crippen LogP contribution < -0.4 is 5.32 Å². The number of rotatable bonds is 7. The number of benzene rings is 3. The Balaban J connectivity index is 1.57. The Morgan fingerprint density at radius 1 is 0.882 bits per heavy atom. The number of hydrogen-bond acceptors (Lipinski definition) is 2. The Hall–Kier alpha value is -2.63. The molecule has 1 heterocycles. The molecule has 1 fully saturated rings. The summed E-state index contributed by atoms with van der Waals surface area (Å²) in [5.74, 6) is 0.367. The highest BCUT2D eigenvalue weighted by atomic mass is 19.4. The lowest BCUT2D eigenvalue weighted by Gasteiger charge is -2.38. The van der Waals surface area contributed by atoms with Gasteiger partial charge in [0, 0.05) is 5.41 Å². The van der Waals surface area contributed by atoms with E-state index in [4.69, 9.17) is 4.74 Å². The molecule has 0 bridgehead atoms. The first-order chi connectivity index (χ1) is 16.3. The van der Waals surface area contributed by atoms with Crippen LogP contribution >= 0.6 is 0 Å². The lowest BCUT2D eigenvalue weighted by molar-refractivity contribution is -0.137. The largest absolute Gasteiger partial charge is 0.416 e. The summed E-state index contributed by atoms with van der Waals surface area (Å²) < 4.78 is 47.2. The van der Waals surface area contributed by atoms with Gasteiger partial charge >= 0.3 is 6.18 Å². The fourth-order valence-corrected chi connectivity index (χ4v) is 4.74. The van der Waals surface area contributed by atoms with Crippen LogP contribution in [0, 0.1) is 0 Å². The molecule has 3 aromatic rings. The minimum absolute atomic E-state index is 0.121. The van der Waals surface area contributed by atoms with Crippen molar-refractivity contribution in [2.24, 2.45) is 0 Å². The van der Waals surface area contributed by atoms with Crippen LogP contribution in [-0.2, 0) is 22.9 Å². The first kappa shape index (κ1) is 24.5. The maximum Gasteiger partial charge on any atom is 0.416 e. The minimum Gasteiger partial charge on any atom is -0.376 e. The molecule has 0 amide bonds. The van der Waals surface area contributed by atoms with Crippen molar-refractivity contribution in [2.75, 3.05) is 19.7 Å². The topological polar surface area (TPSA) is 21.3 Å². The molecule has 0 spiro atoms. The Labute approximate surface area is 200 Å². The lowest BCUT2D eigenvalue weighted by atomic mass is 9.74. The van der Waals surface area contributed by atoms with Gasteiger partial charge in [0.25, 0.3) is 0 Å². The monoisotopic (exact) mass is 467 g/mol. The van der Waals surface area contributed by atoms with E-state index >= 15 is 0 Å². The van der Waals surface area contributed by atoms with Gasteiger partial charge in [0.1, 0.15) is 0 Å². The van der Waals surface area contributed by atoms with Gasteiger partial charge in [0.15, 0.2) is 0 Å². The Bertz CT molecular complexity index is 1070. The third kappa shape index (κ3) is 5.70. The van der Waals surface area contributed by atoms with Crippen LogP contribution in [0.5, 0.6) is 0 Å². The summed E-state index contributed by atoms with van der Waals surface area (Å²) in [6, 6.07) is 22.3. The van der Waals surface area contributed by atoms with E-state index in [2.05, 4.69) is 31.3 Å². The van der Waals surface area contributed by atoms with Gasteiger partial charge in [-0.2, -0.15) is 13.2 Å². The van der Waals surface area contributed by atoms with Crippen molar-refractivity contribution >= 4 is 0 Å². The van der Waals surface area contributed by atoms with Crippen molar-refractivity contribution in [3.8, 4) is 11.1 Å². The number of hydrogen-bond donors (Lipinski definition) is 1. The molecular weight excluding hydrogens is 435 g/mol. The van der Waals surface area contributed by atoms with Crippen LogP contribution in [0.25, 0.3) is 11.1 Å². The highest BCUT2D eigenvalue weighted by Crippen LogP contribution is 2.36. The van der Waals surface area contributed by atoms with E-state index in [1.165, 1.54) is 17.7 Å². The Morgan fingerprint density at radius 3 is 2.18 bits per heavy atom. The number of halogens is 3. The van der Waals surface area contributed by atoms with Gasteiger partial charge in [-0.1, -0.05) is 68.4 Å². The molecule has 34 heavy (non-hydrogen) atoms. The van der Waals surface area contributed by atoms with Gasteiger partial charge < -0.3 is 10.1 Å². The molecule has 3 aromatic carbocycles. The fourth-order valence-electron chi connectivity index (χ4n) is 4.74. The summed E-state index contributed by atoms with van der Waals surface area (Å²) >= 11 is 0. The van der Waals surface area contributed by atoms with Crippen LogP contribution in [-0.4, -0.2) is 19.7 Å². The smallest absolute Gasteiger partial charge is 0.376 e. The zero-order chi connectivity index (χ0) is 24.2. The first-order valence-electron chi connectivity index (χ1n) is 11.9. The molecule has 0 aliphatic carbocycles. The predicted molar refractivity (Wildman–Crippen MR) is 131 cm³/mol. The molecule has 4 rings (SSSR count). The van der Waals surface area contributed by atoms with E-state index in [-0.39, 0.29) is 12.0 Å². The van der Waals surface area contributed by atoms with Gasteiger partial charge in [0.2, 0.25) is 0 Å². The zero-order valence-electron chi connectivity index (χ0n) is 19.8. The van der Waals surface area contributed by atoms with E-state index in [0.717, 1.165) is 37.1 Å². The summed E-state index contributed by atoms with van der Waals surface area (Å²) in [6.07, 6.45) is -2.54. The maximum atomic E-state index is 13.7.